The van der Waals surface area contributed by atoms with Crippen molar-refractivity contribution in [2.75, 3.05) is 5.32 Å². The first-order valence-electron chi connectivity index (χ1n) is 7.55. The van der Waals surface area contributed by atoms with E-state index in [9.17, 15) is 14.7 Å². The van der Waals surface area contributed by atoms with E-state index >= 15 is 0 Å². The van der Waals surface area contributed by atoms with Gasteiger partial charge in [-0.2, -0.15) is 0 Å². The third-order valence-electron chi connectivity index (χ3n) is 3.51. The van der Waals surface area contributed by atoms with E-state index in [1.807, 2.05) is 13.8 Å². The molecule has 0 heterocycles. The fourth-order valence-corrected chi connectivity index (χ4v) is 1.99. The molecule has 2 aromatic rings. The molecule has 0 spiro atoms. The van der Waals surface area contributed by atoms with Gasteiger partial charge >= 0.3 is 5.97 Å². The summed E-state index contributed by atoms with van der Waals surface area (Å²) < 4.78 is 5.65. The number of anilines is 1. The number of carboxylic acids is 1. The molecule has 3 N–H and O–H groups in total. The number of nitrogens with one attached hydrogen (secondary N) is 1. The van der Waals surface area contributed by atoms with Gasteiger partial charge in [-0.05, 0) is 49.7 Å². The highest BCUT2D eigenvalue weighted by molar-refractivity contribution is 6.04. The first kappa shape index (κ1) is 17.3. The zero-order chi connectivity index (χ0) is 17.7. The lowest BCUT2D eigenvalue weighted by Gasteiger charge is -2.13. The Morgan fingerprint density at radius 1 is 1.17 bits per heavy atom. The second-order valence-electron chi connectivity index (χ2n) is 5.35. The van der Waals surface area contributed by atoms with E-state index in [0.717, 1.165) is 6.42 Å². The van der Waals surface area contributed by atoms with Crippen LogP contribution in [0.5, 0.6) is 11.5 Å². The largest absolute Gasteiger partial charge is 0.507 e. The molecule has 0 unspecified atom stereocenters. The first-order valence-corrected chi connectivity index (χ1v) is 7.55. The molecule has 0 saturated carbocycles. The summed E-state index contributed by atoms with van der Waals surface area (Å²) in [6.07, 6.45) is 0.985. The van der Waals surface area contributed by atoms with E-state index in [2.05, 4.69) is 5.32 Å². The van der Waals surface area contributed by atoms with E-state index in [1.165, 1.54) is 18.2 Å². The van der Waals surface area contributed by atoms with Crippen LogP contribution in [-0.2, 0) is 0 Å². The average molecular weight is 329 g/mol. The van der Waals surface area contributed by atoms with Gasteiger partial charge in [-0.15, -0.1) is 0 Å². The van der Waals surface area contributed by atoms with E-state index in [0.29, 0.717) is 17.0 Å². The number of rotatable bonds is 6. The SMILES string of the molecule is CC[C@H](C)Oc1ccc(C(=O)Nc2ccc(C(=O)O)c(O)c2)cc1. The molecule has 2 rings (SSSR count). The van der Waals surface area contributed by atoms with Gasteiger partial charge in [0.25, 0.3) is 5.91 Å². The Kier molecular flexibility index (Phi) is 5.42. The molecule has 0 saturated heterocycles. The summed E-state index contributed by atoms with van der Waals surface area (Å²) in [6.45, 7) is 3.99. The van der Waals surface area contributed by atoms with E-state index in [-0.39, 0.29) is 17.6 Å². The molecule has 126 valence electrons. The topological polar surface area (TPSA) is 95.9 Å². The number of ether oxygens (including phenoxy) is 1. The van der Waals surface area contributed by atoms with Crippen LogP contribution >= 0.6 is 0 Å². The van der Waals surface area contributed by atoms with Gasteiger partial charge in [0.05, 0.1) is 6.10 Å². The Morgan fingerprint density at radius 3 is 2.38 bits per heavy atom. The number of carbonyl (C=O) groups excluding carboxylic acids is 1. The number of benzene rings is 2. The van der Waals surface area contributed by atoms with Gasteiger partial charge in [-0.25, -0.2) is 4.79 Å². The molecule has 0 bridgehead atoms. The number of phenols is 1. The van der Waals surface area contributed by atoms with Crippen LogP contribution in [0.1, 0.15) is 41.0 Å². The van der Waals surface area contributed by atoms with Crippen LogP contribution in [-0.4, -0.2) is 28.2 Å². The van der Waals surface area contributed by atoms with Crippen molar-refractivity contribution in [1.29, 1.82) is 0 Å². The maximum absolute atomic E-state index is 12.2. The minimum absolute atomic E-state index is 0.0976. The van der Waals surface area contributed by atoms with Crippen LogP contribution in [0.4, 0.5) is 5.69 Å². The van der Waals surface area contributed by atoms with Crippen LogP contribution in [0.15, 0.2) is 42.5 Å². The molecular formula is C18H19NO5. The van der Waals surface area contributed by atoms with Gasteiger partial charge in [0.15, 0.2) is 0 Å². The summed E-state index contributed by atoms with van der Waals surface area (Å²) in [7, 11) is 0. The second-order valence-corrected chi connectivity index (χ2v) is 5.35. The quantitative estimate of drug-likeness (QED) is 0.753. The summed E-state index contributed by atoms with van der Waals surface area (Å²) >= 11 is 0. The molecule has 1 atom stereocenters. The summed E-state index contributed by atoms with van der Waals surface area (Å²) in [5.74, 6) is -1.32. The molecular weight excluding hydrogens is 310 g/mol. The van der Waals surface area contributed by atoms with Crippen molar-refractivity contribution in [3.8, 4) is 11.5 Å². The highest BCUT2D eigenvalue weighted by Gasteiger charge is 2.12. The molecule has 2 aromatic carbocycles. The van der Waals surface area contributed by atoms with Gasteiger partial charge < -0.3 is 20.3 Å². The minimum atomic E-state index is -1.23. The number of aromatic hydroxyl groups is 1. The van der Waals surface area contributed by atoms with Crippen molar-refractivity contribution in [3.63, 3.8) is 0 Å². The third-order valence-corrected chi connectivity index (χ3v) is 3.51. The number of hydrogen-bond acceptors (Lipinski definition) is 4. The molecule has 1 amide bonds. The predicted octanol–water partition coefficient (Wildman–Crippen LogP) is 3.52. The Balaban J connectivity index is 2.07. The van der Waals surface area contributed by atoms with Gasteiger partial charge in [0.2, 0.25) is 0 Å². The zero-order valence-electron chi connectivity index (χ0n) is 13.4. The van der Waals surface area contributed by atoms with Crippen molar-refractivity contribution in [3.05, 3.63) is 53.6 Å². The predicted molar refractivity (Wildman–Crippen MR) is 89.8 cm³/mol. The molecule has 0 aliphatic carbocycles. The monoisotopic (exact) mass is 329 g/mol. The normalized spacial score (nSPS) is 11.6. The van der Waals surface area contributed by atoms with Crippen molar-refractivity contribution >= 4 is 17.6 Å². The first-order chi connectivity index (χ1) is 11.4. The van der Waals surface area contributed by atoms with Gasteiger partial charge in [-0.3, -0.25) is 4.79 Å². The van der Waals surface area contributed by atoms with Crippen LogP contribution in [0.25, 0.3) is 0 Å². The summed E-state index contributed by atoms with van der Waals surface area (Å²) in [6, 6.07) is 10.6. The summed E-state index contributed by atoms with van der Waals surface area (Å²) in [5.41, 5.74) is 0.510. The Bertz CT molecular complexity index is 740. The number of hydrogen-bond donors (Lipinski definition) is 3. The smallest absolute Gasteiger partial charge is 0.339 e. The standard InChI is InChI=1S/C18H19NO5/c1-3-11(2)24-14-7-4-12(5-8-14)17(21)19-13-6-9-15(18(22)23)16(20)10-13/h4-11,20H,3H2,1-2H3,(H,19,21)(H,22,23)/t11-/m0/s1. The molecule has 0 fully saturated rings. The molecule has 0 aromatic heterocycles. The van der Waals surface area contributed by atoms with Crippen LogP contribution < -0.4 is 10.1 Å². The van der Waals surface area contributed by atoms with E-state index in [4.69, 9.17) is 9.84 Å². The number of aromatic carboxylic acids is 1. The molecule has 0 aliphatic heterocycles. The average Bonchev–Trinajstić information content (AvgIpc) is 2.55. The molecule has 6 heteroatoms. The summed E-state index contributed by atoms with van der Waals surface area (Å²) in [5, 5.41) is 21.1. The number of carbonyl (C=O) groups is 2. The lowest BCUT2D eigenvalue weighted by molar-refractivity contribution is 0.0693. The van der Waals surface area contributed by atoms with Crippen LogP contribution in [0.2, 0.25) is 0 Å². The Hall–Kier alpha value is -3.02. The highest BCUT2D eigenvalue weighted by Crippen LogP contribution is 2.23. The number of carboxylic acid groups (broad SMARTS) is 1. The van der Waals surface area contributed by atoms with E-state index < -0.39 is 11.7 Å². The third kappa shape index (κ3) is 4.25. The highest BCUT2D eigenvalue weighted by atomic mass is 16.5. The van der Waals surface area contributed by atoms with Crippen molar-refractivity contribution in [1.82, 2.24) is 0 Å². The zero-order valence-corrected chi connectivity index (χ0v) is 13.4. The molecule has 6 nitrogen and oxygen atoms in total. The number of amides is 1. The Labute approximate surface area is 139 Å². The fraction of sp³-hybridized carbons (Fsp3) is 0.222. The fourth-order valence-electron chi connectivity index (χ4n) is 1.99. The maximum Gasteiger partial charge on any atom is 0.339 e. The maximum atomic E-state index is 12.2. The second kappa shape index (κ2) is 7.50. The molecule has 0 aliphatic rings. The van der Waals surface area contributed by atoms with Crippen molar-refractivity contribution in [2.24, 2.45) is 0 Å². The van der Waals surface area contributed by atoms with Crippen molar-refractivity contribution < 1.29 is 24.5 Å². The van der Waals surface area contributed by atoms with Crippen molar-refractivity contribution in [2.45, 2.75) is 26.4 Å². The van der Waals surface area contributed by atoms with Crippen LogP contribution in [0.3, 0.4) is 0 Å². The van der Waals surface area contributed by atoms with Gasteiger partial charge in [-0.1, -0.05) is 6.92 Å². The molecule has 0 radical (unpaired) electrons. The van der Waals surface area contributed by atoms with Gasteiger partial charge in [0.1, 0.15) is 17.1 Å². The Morgan fingerprint density at radius 2 is 1.83 bits per heavy atom. The van der Waals surface area contributed by atoms with E-state index in [1.54, 1.807) is 24.3 Å². The lowest BCUT2D eigenvalue weighted by Crippen LogP contribution is -2.13. The lowest BCUT2D eigenvalue weighted by atomic mass is 10.1. The van der Waals surface area contributed by atoms with Gasteiger partial charge in [0, 0.05) is 17.3 Å². The molecule has 24 heavy (non-hydrogen) atoms. The van der Waals surface area contributed by atoms with Crippen LogP contribution in [0, 0.1) is 0 Å². The summed E-state index contributed by atoms with van der Waals surface area (Å²) in [4.78, 5) is 23.0. The minimum Gasteiger partial charge on any atom is -0.507 e.